The molecule has 8 nitrogen and oxygen atoms in total. The maximum absolute atomic E-state index is 13.2. The van der Waals surface area contributed by atoms with Crippen LogP contribution in [-0.2, 0) is 14.3 Å². The molecule has 3 heterocycles. The van der Waals surface area contributed by atoms with Crippen molar-refractivity contribution < 1.29 is 14.3 Å². The van der Waals surface area contributed by atoms with Gasteiger partial charge in [0.1, 0.15) is 23.1 Å². The van der Waals surface area contributed by atoms with E-state index in [1.165, 1.54) is 17.6 Å². The first kappa shape index (κ1) is 19.6. The van der Waals surface area contributed by atoms with E-state index in [1.807, 2.05) is 31.7 Å². The summed E-state index contributed by atoms with van der Waals surface area (Å²) in [5, 5.41) is 9.34. The van der Waals surface area contributed by atoms with Gasteiger partial charge in [0, 0.05) is 19.3 Å². The molecule has 8 heteroatoms. The third kappa shape index (κ3) is 3.62. The number of carbonyl (C=O) groups excluding carboxylic acids is 1. The average molecular weight is 382 g/mol. The number of aryl methyl sites for hydroxylation is 1. The number of morpholine rings is 1. The minimum Gasteiger partial charge on any atom is -0.465 e. The first-order chi connectivity index (χ1) is 13.3. The molecule has 0 aromatic carbocycles. The largest absolute Gasteiger partial charge is 0.465 e. The summed E-state index contributed by atoms with van der Waals surface area (Å²) in [6.07, 6.45) is 2.78. The molecule has 0 amide bonds. The smallest absolute Gasteiger partial charge is 0.348 e. The lowest BCUT2D eigenvalue weighted by molar-refractivity contribution is -0.135. The van der Waals surface area contributed by atoms with Gasteiger partial charge in [-0.3, -0.25) is 9.20 Å². The predicted molar refractivity (Wildman–Crippen MR) is 104 cm³/mol. The van der Waals surface area contributed by atoms with Gasteiger partial charge in [0.05, 0.1) is 24.9 Å². The predicted octanol–water partition coefficient (Wildman–Crippen LogP) is 1.70. The Morgan fingerprint density at radius 3 is 2.68 bits per heavy atom. The van der Waals surface area contributed by atoms with Gasteiger partial charge in [-0.25, -0.2) is 9.78 Å². The molecule has 2 atom stereocenters. The van der Waals surface area contributed by atoms with Crippen molar-refractivity contribution in [2.45, 2.75) is 33.0 Å². The Morgan fingerprint density at radius 1 is 1.39 bits per heavy atom. The fraction of sp³-hybridized carbons (Fsp3) is 0.400. The molecule has 1 aliphatic heterocycles. The van der Waals surface area contributed by atoms with Gasteiger partial charge >= 0.3 is 5.97 Å². The zero-order chi connectivity index (χ0) is 20.4. The highest BCUT2D eigenvalue weighted by atomic mass is 16.5. The molecule has 3 rings (SSSR count). The van der Waals surface area contributed by atoms with E-state index < -0.39 is 5.97 Å². The molecule has 2 unspecified atom stereocenters. The third-order valence-corrected chi connectivity index (χ3v) is 4.60. The van der Waals surface area contributed by atoms with Crippen molar-refractivity contribution in [3.05, 3.63) is 45.4 Å². The van der Waals surface area contributed by atoms with Crippen molar-refractivity contribution in [1.29, 1.82) is 5.26 Å². The Hall–Kier alpha value is -3.18. The van der Waals surface area contributed by atoms with Crippen LogP contribution in [0.4, 0.5) is 5.82 Å². The van der Waals surface area contributed by atoms with Crippen molar-refractivity contribution in [2.75, 3.05) is 25.1 Å². The van der Waals surface area contributed by atoms with E-state index in [9.17, 15) is 14.9 Å². The van der Waals surface area contributed by atoms with Crippen LogP contribution in [0.1, 0.15) is 25.0 Å². The number of nitrogens with zero attached hydrogens (tertiary/aromatic N) is 4. The lowest BCUT2D eigenvalue weighted by atomic mass is 10.1. The van der Waals surface area contributed by atoms with E-state index >= 15 is 0 Å². The van der Waals surface area contributed by atoms with Gasteiger partial charge in [0.15, 0.2) is 0 Å². The fourth-order valence-corrected chi connectivity index (χ4v) is 3.41. The van der Waals surface area contributed by atoms with Crippen LogP contribution >= 0.6 is 0 Å². The highest BCUT2D eigenvalue weighted by Crippen LogP contribution is 2.24. The summed E-state index contributed by atoms with van der Waals surface area (Å²) in [5.41, 5.74) is 0.936. The number of esters is 1. The van der Waals surface area contributed by atoms with Crippen LogP contribution in [0.3, 0.4) is 0 Å². The summed E-state index contributed by atoms with van der Waals surface area (Å²) in [4.78, 5) is 31.8. The van der Waals surface area contributed by atoms with Gasteiger partial charge in [-0.15, -0.1) is 0 Å². The SMILES string of the molecule is COC(=O)/C(C#N)=C/c1c(N2CC(C)OC(C)C2)nc2c(C)cccn2c1=O. The molecule has 1 saturated heterocycles. The molecule has 146 valence electrons. The van der Waals surface area contributed by atoms with Gasteiger partial charge in [-0.1, -0.05) is 6.07 Å². The maximum Gasteiger partial charge on any atom is 0.348 e. The minimum absolute atomic E-state index is 0.0475. The van der Waals surface area contributed by atoms with E-state index in [4.69, 9.17) is 9.72 Å². The van der Waals surface area contributed by atoms with Crippen LogP contribution in [0.15, 0.2) is 28.7 Å². The van der Waals surface area contributed by atoms with E-state index in [0.717, 1.165) is 5.56 Å². The number of rotatable bonds is 3. The Kier molecular flexibility index (Phi) is 5.47. The topological polar surface area (TPSA) is 96.9 Å². The summed E-state index contributed by atoms with van der Waals surface area (Å²) in [7, 11) is 1.19. The molecule has 0 spiro atoms. The number of nitriles is 1. The normalized spacial score (nSPS) is 20.1. The molecule has 2 aromatic rings. The second-order valence-electron chi connectivity index (χ2n) is 6.86. The monoisotopic (exact) mass is 382 g/mol. The van der Waals surface area contributed by atoms with Crippen LogP contribution in [-0.4, -0.2) is 47.8 Å². The second kappa shape index (κ2) is 7.82. The number of ether oxygens (including phenoxy) is 2. The number of carbonyl (C=O) groups is 1. The van der Waals surface area contributed by atoms with E-state index in [2.05, 4.69) is 4.74 Å². The van der Waals surface area contributed by atoms with Crippen LogP contribution in [0.5, 0.6) is 0 Å². The third-order valence-electron chi connectivity index (χ3n) is 4.60. The minimum atomic E-state index is -0.800. The Bertz CT molecular complexity index is 1040. The number of aromatic nitrogens is 2. The van der Waals surface area contributed by atoms with Gasteiger partial charge < -0.3 is 14.4 Å². The zero-order valence-corrected chi connectivity index (χ0v) is 16.3. The standard InChI is InChI=1S/C20H22N4O4/c1-12-6-5-7-24-17(12)22-18(23-10-13(2)28-14(3)11-23)16(19(24)25)8-15(9-21)20(26)27-4/h5-8,13-14H,10-11H2,1-4H3/b15-8+. The van der Waals surface area contributed by atoms with Gasteiger partial charge in [0.2, 0.25) is 0 Å². The maximum atomic E-state index is 13.2. The molecule has 0 N–H and O–H groups in total. The number of hydrogen-bond acceptors (Lipinski definition) is 7. The molecule has 0 aliphatic carbocycles. The lowest BCUT2D eigenvalue weighted by Crippen LogP contribution is -2.46. The van der Waals surface area contributed by atoms with Crippen molar-refractivity contribution >= 4 is 23.5 Å². The van der Waals surface area contributed by atoms with Crippen molar-refractivity contribution in [2.24, 2.45) is 0 Å². The molecule has 1 fully saturated rings. The summed E-state index contributed by atoms with van der Waals surface area (Å²) < 4.78 is 11.9. The zero-order valence-electron chi connectivity index (χ0n) is 16.3. The lowest BCUT2D eigenvalue weighted by Gasteiger charge is -2.36. The van der Waals surface area contributed by atoms with Gasteiger partial charge in [-0.05, 0) is 38.5 Å². The van der Waals surface area contributed by atoms with Crippen LogP contribution in [0.2, 0.25) is 0 Å². The highest BCUT2D eigenvalue weighted by molar-refractivity contribution is 5.98. The molecule has 0 saturated carbocycles. The first-order valence-electron chi connectivity index (χ1n) is 8.98. The van der Waals surface area contributed by atoms with E-state index in [1.54, 1.807) is 18.3 Å². The number of hydrogen-bond donors (Lipinski definition) is 0. The number of pyridine rings is 1. The number of fused-ring (bicyclic) bond motifs is 1. The fourth-order valence-electron chi connectivity index (χ4n) is 3.41. The molecule has 0 radical (unpaired) electrons. The summed E-state index contributed by atoms with van der Waals surface area (Å²) in [6.45, 7) is 6.86. The van der Waals surface area contributed by atoms with Crippen LogP contribution < -0.4 is 10.5 Å². The highest BCUT2D eigenvalue weighted by Gasteiger charge is 2.27. The summed E-state index contributed by atoms with van der Waals surface area (Å²) in [6, 6.07) is 5.43. The Labute approximate surface area is 162 Å². The van der Waals surface area contributed by atoms with Crippen LogP contribution in [0, 0.1) is 18.3 Å². The van der Waals surface area contributed by atoms with Crippen molar-refractivity contribution in [3.63, 3.8) is 0 Å². The number of anilines is 1. The van der Waals surface area contributed by atoms with E-state index in [-0.39, 0.29) is 28.9 Å². The Balaban J connectivity index is 2.30. The molecular formula is C20H22N4O4. The number of methoxy groups -OCH3 is 1. The van der Waals surface area contributed by atoms with Gasteiger partial charge in [-0.2, -0.15) is 5.26 Å². The summed E-state index contributed by atoms with van der Waals surface area (Å²) >= 11 is 0. The summed E-state index contributed by atoms with van der Waals surface area (Å²) in [5.74, 6) is -0.371. The van der Waals surface area contributed by atoms with Gasteiger partial charge in [0.25, 0.3) is 5.56 Å². The van der Waals surface area contributed by atoms with Crippen molar-refractivity contribution in [1.82, 2.24) is 9.38 Å². The first-order valence-corrected chi connectivity index (χ1v) is 8.98. The van der Waals surface area contributed by atoms with E-state index in [0.29, 0.717) is 24.6 Å². The molecular weight excluding hydrogens is 360 g/mol. The Morgan fingerprint density at radius 2 is 2.07 bits per heavy atom. The molecule has 2 aromatic heterocycles. The molecule has 28 heavy (non-hydrogen) atoms. The second-order valence-corrected chi connectivity index (χ2v) is 6.86. The average Bonchev–Trinajstić information content (AvgIpc) is 2.66. The van der Waals surface area contributed by atoms with Crippen molar-refractivity contribution in [3.8, 4) is 6.07 Å². The molecule has 1 aliphatic rings. The van der Waals surface area contributed by atoms with Crippen LogP contribution in [0.25, 0.3) is 11.7 Å². The molecule has 0 bridgehead atoms. The quantitative estimate of drug-likeness (QED) is 0.453.